The minimum atomic E-state index is -0.516. The fraction of sp³-hybridized carbons (Fsp3) is 0.263. The molecule has 0 radical (unpaired) electrons. The molecule has 3 aromatic rings. The number of aromatic nitrogens is 1. The summed E-state index contributed by atoms with van der Waals surface area (Å²) >= 11 is 1.30. The van der Waals surface area contributed by atoms with Crippen LogP contribution in [0.25, 0.3) is 10.2 Å². The van der Waals surface area contributed by atoms with E-state index >= 15 is 0 Å². The zero-order chi connectivity index (χ0) is 19.7. The van der Waals surface area contributed by atoms with Gasteiger partial charge in [-0.25, -0.2) is 4.39 Å². The van der Waals surface area contributed by atoms with Gasteiger partial charge in [0.1, 0.15) is 17.4 Å². The number of rotatable bonds is 4. The minimum Gasteiger partial charge on any atom is -0.467 e. The number of carbonyl (C=O) groups excluding carboxylic acids is 1. The molecule has 7 nitrogen and oxygen atoms in total. The fourth-order valence-electron chi connectivity index (χ4n) is 3.20. The zero-order valence-electron chi connectivity index (χ0n) is 14.7. The summed E-state index contributed by atoms with van der Waals surface area (Å²) < 4.78 is 20.4. The number of nitro groups is 1. The number of likely N-dealkylation sites (tertiary alicyclic amines) is 1. The summed E-state index contributed by atoms with van der Waals surface area (Å²) in [6.07, 6.45) is 1.11. The molecule has 28 heavy (non-hydrogen) atoms. The van der Waals surface area contributed by atoms with E-state index in [1.165, 1.54) is 35.6 Å². The predicted molar refractivity (Wildman–Crippen MR) is 102 cm³/mol. The molecule has 1 amide bonds. The molecule has 0 aliphatic carbocycles. The third-order valence-electron chi connectivity index (χ3n) is 4.65. The van der Waals surface area contributed by atoms with Gasteiger partial charge in [-0.05, 0) is 18.2 Å². The molecule has 1 fully saturated rings. The number of nitrogens with zero attached hydrogens (tertiary/aromatic N) is 3. The summed E-state index contributed by atoms with van der Waals surface area (Å²) in [7, 11) is 0. The summed E-state index contributed by atoms with van der Waals surface area (Å²) in [6, 6.07) is 10.5. The Morgan fingerprint density at radius 2 is 2.00 bits per heavy atom. The molecule has 0 bridgehead atoms. The number of fused-ring (bicyclic) bond motifs is 1. The average molecular weight is 401 g/mol. The molecular formula is C19H16FN3O4S. The number of para-hydroxylation sites is 1. The molecule has 1 aliphatic rings. The van der Waals surface area contributed by atoms with Gasteiger partial charge >= 0.3 is 0 Å². The molecule has 1 aromatic heterocycles. The largest absolute Gasteiger partial charge is 0.467 e. The van der Waals surface area contributed by atoms with Gasteiger partial charge in [0.15, 0.2) is 0 Å². The van der Waals surface area contributed by atoms with Gasteiger partial charge in [-0.3, -0.25) is 14.9 Å². The Kier molecular flexibility index (Phi) is 4.91. The Balaban J connectivity index is 1.38. The van der Waals surface area contributed by atoms with E-state index in [0.29, 0.717) is 42.2 Å². The van der Waals surface area contributed by atoms with Crippen molar-refractivity contribution in [1.29, 1.82) is 0 Å². The zero-order valence-corrected chi connectivity index (χ0v) is 15.5. The van der Waals surface area contributed by atoms with Gasteiger partial charge in [0.2, 0.25) is 0 Å². The molecule has 4 rings (SSSR count). The van der Waals surface area contributed by atoms with Crippen LogP contribution in [0.3, 0.4) is 0 Å². The third kappa shape index (κ3) is 3.65. The first kappa shape index (κ1) is 18.3. The maximum Gasteiger partial charge on any atom is 0.274 e. The van der Waals surface area contributed by atoms with Crippen LogP contribution < -0.4 is 4.74 Å². The van der Waals surface area contributed by atoms with Crippen LogP contribution in [0.15, 0.2) is 42.5 Å². The molecule has 0 spiro atoms. The predicted octanol–water partition coefficient (Wildman–Crippen LogP) is 4.03. The minimum absolute atomic E-state index is 0.105. The number of hydrogen-bond acceptors (Lipinski definition) is 6. The van der Waals surface area contributed by atoms with Crippen LogP contribution in [0, 0.1) is 15.9 Å². The van der Waals surface area contributed by atoms with E-state index in [4.69, 9.17) is 4.74 Å². The molecule has 0 atom stereocenters. The van der Waals surface area contributed by atoms with E-state index < -0.39 is 4.92 Å². The monoisotopic (exact) mass is 401 g/mol. The summed E-state index contributed by atoms with van der Waals surface area (Å²) in [5, 5.41) is 11.3. The van der Waals surface area contributed by atoms with Crippen LogP contribution in [0.1, 0.15) is 23.2 Å². The quantitative estimate of drug-likeness (QED) is 0.487. The SMILES string of the molecule is O=C(c1cccc([N+](=O)[O-])c1)N1CCC(Oc2nc3c(F)cccc3s2)CC1. The van der Waals surface area contributed by atoms with Crippen molar-refractivity contribution in [2.75, 3.05) is 13.1 Å². The lowest BCUT2D eigenvalue weighted by Crippen LogP contribution is -2.41. The van der Waals surface area contributed by atoms with Crippen molar-refractivity contribution in [2.45, 2.75) is 18.9 Å². The lowest BCUT2D eigenvalue weighted by Gasteiger charge is -2.31. The smallest absolute Gasteiger partial charge is 0.274 e. The van der Waals surface area contributed by atoms with Gasteiger partial charge in [-0.2, -0.15) is 4.98 Å². The normalized spacial score (nSPS) is 15.0. The van der Waals surface area contributed by atoms with Gasteiger partial charge in [0.05, 0.1) is 9.62 Å². The number of carbonyl (C=O) groups is 1. The molecule has 2 aromatic carbocycles. The number of benzene rings is 2. The van der Waals surface area contributed by atoms with Crippen LogP contribution in [0.4, 0.5) is 10.1 Å². The maximum atomic E-state index is 13.8. The van der Waals surface area contributed by atoms with Crippen molar-refractivity contribution in [2.24, 2.45) is 0 Å². The fourth-order valence-corrected chi connectivity index (χ4v) is 4.10. The summed E-state index contributed by atoms with van der Waals surface area (Å²) in [4.78, 5) is 28.9. The van der Waals surface area contributed by atoms with Crippen molar-refractivity contribution >= 4 is 33.1 Å². The van der Waals surface area contributed by atoms with E-state index in [0.717, 1.165) is 4.70 Å². The van der Waals surface area contributed by atoms with Gasteiger partial charge in [0.25, 0.3) is 16.8 Å². The van der Waals surface area contributed by atoms with Gasteiger partial charge < -0.3 is 9.64 Å². The van der Waals surface area contributed by atoms with Crippen LogP contribution in [-0.4, -0.2) is 39.9 Å². The molecule has 1 aliphatic heterocycles. The third-order valence-corrected chi connectivity index (χ3v) is 5.56. The van der Waals surface area contributed by atoms with Crippen molar-refractivity contribution in [1.82, 2.24) is 9.88 Å². The highest BCUT2D eigenvalue weighted by Crippen LogP contribution is 2.31. The first-order chi connectivity index (χ1) is 13.5. The Bertz CT molecular complexity index is 1050. The van der Waals surface area contributed by atoms with Gasteiger partial charge in [0, 0.05) is 43.6 Å². The number of amides is 1. The van der Waals surface area contributed by atoms with E-state index in [9.17, 15) is 19.3 Å². The number of halogens is 1. The van der Waals surface area contributed by atoms with E-state index in [-0.39, 0.29) is 23.5 Å². The van der Waals surface area contributed by atoms with E-state index in [1.807, 2.05) is 0 Å². The van der Waals surface area contributed by atoms with Gasteiger partial charge in [-0.1, -0.05) is 23.5 Å². The van der Waals surface area contributed by atoms with Crippen LogP contribution >= 0.6 is 11.3 Å². The molecule has 144 valence electrons. The highest BCUT2D eigenvalue weighted by molar-refractivity contribution is 7.20. The first-order valence-corrected chi connectivity index (χ1v) is 9.58. The summed E-state index contributed by atoms with van der Waals surface area (Å²) in [5.74, 6) is -0.606. The molecule has 0 saturated carbocycles. The number of ether oxygens (including phenoxy) is 1. The van der Waals surface area contributed by atoms with Crippen molar-refractivity contribution in [3.63, 3.8) is 0 Å². The lowest BCUT2D eigenvalue weighted by atomic mass is 10.1. The number of piperidine rings is 1. The number of hydrogen-bond donors (Lipinski definition) is 0. The Hall–Kier alpha value is -3.07. The first-order valence-electron chi connectivity index (χ1n) is 8.77. The Morgan fingerprint density at radius 3 is 2.71 bits per heavy atom. The Labute approximate surface area is 163 Å². The number of non-ortho nitro benzene ring substituents is 1. The molecule has 9 heteroatoms. The topological polar surface area (TPSA) is 85.6 Å². The molecule has 2 heterocycles. The second kappa shape index (κ2) is 7.51. The standard InChI is InChI=1S/C19H16FN3O4S/c20-15-5-2-6-16-17(15)21-19(28-16)27-14-7-9-22(10-8-14)18(24)12-3-1-4-13(11-12)23(25)26/h1-6,11,14H,7-10H2. The summed E-state index contributed by atoms with van der Waals surface area (Å²) in [6.45, 7) is 0.955. The van der Waals surface area contributed by atoms with Crippen molar-refractivity contribution < 1.29 is 18.8 Å². The van der Waals surface area contributed by atoms with Gasteiger partial charge in [-0.15, -0.1) is 0 Å². The Morgan fingerprint density at radius 1 is 1.25 bits per heavy atom. The lowest BCUT2D eigenvalue weighted by molar-refractivity contribution is -0.384. The van der Waals surface area contributed by atoms with Crippen molar-refractivity contribution in [3.05, 3.63) is 64.0 Å². The highest BCUT2D eigenvalue weighted by Gasteiger charge is 2.26. The van der Waals surface area contributed by atoms with Crippen molar-refractivity contribution in [3.8, 4) is 5.19 Å². The molecule has 0 N–H and O–H groups in total. The van der Waals surface area contributed by atoms with E-state index in [1.54, 1.807) is 23.1 Å². The van der Waals surface area contributed by atoms with Crippen LogP contribution in [0.5, 0.6) is 5.19 Å². The second-order valence-corrected chi connectivity index (χ2v) is 7.48. The average Bonchev–Trinajstić information content (AvgIpc) is 3.12. The van der Waals surface area contributed by atoms with Crippen LogP contribution in [0.2, 0.25) is 0 Å². The second-order valence-electron chi connectivity index (χ2n) is 6.48. The highest BCUT2D eigenvalue weighted by atomic mass is 32.1. The molecule has 1 saturated heterocycles. The molecule has 0 unspecified atom stereocenters. The number of thiazole rings is 1. The number of nitro benzene ring substituents is 1. The van der Waals surface area contributed by atoms with E-state index in [2.05, 4.69) is 4.98 Å². The maximum absolute atomic E-state index is 13.8. The molecular weight excluding hydrogens is 385 g/mol. The summed E-state index contributed by atoms with van der Waals surface area (Å²) in [5.41, 5.74) is 0.503. The van der Waals surface area contributed by atoms with Crippen LogP contribution in [-0.2, 0) is 0 Å².